The molecule has 1 radical (unpaired) electrons. The quantitative estimate of drug-likeness (QED) is 0.864. The van der Waals surface area contributed by atoms with Crippen molar-refractivity contribution in [2.24, 2.45) is 0 Å². The predicted octanol–water partition coefficient (Wildman–Crippen LogP) is 2.55. The Hall–Kier alpha value is -2.27. The Kier molecular flexibility index (Phi) is 3.66. The normalized spacial score (nSPS) is 14.0. The molecule has 0 amide bonds. The molecule has 0 unspecified atom stereocenters. The minimum absolute atomic E-state index is 0.144. The van der Waals surface area contributed by atoms with Gasteiger partial charge < -0.3 is 15.4 Å². The van der Waals surface area contributed by atoms with Crippen LogP contribution in [-0.4, -0.2) is 23.1 Å². The number of fused-ring (bicyclic) bond motifs is 1. The Morgan fingerprint density at radius 3 is 3.14 bits per heavy atom. The molecule has 2 N–H and O–H groups in total. The third-order valence-electron chi connectivity index (χ3n) is 3.28. The minimum atomic E-state index is 0.144. The monoisotopic (exact) mass is 301 g/mol. The summed E-state index contributed by atoms with van der Waals surface area (Å²) < 4.78 is 5.74. The lowest BCUT2D eigenvalue weighted by Crippen LogP contribution is -2.27. The molecule has 6 heteroatoms. The third-order valence-corrected chi connectivity index (χ3v) is 3.57. The SMILES string of the molecule is C=Cc1c(Cl)nc(N)nc1N1CCOc2cc[c]cc2C1. The van der Waals surface area contributed by atoms with Gasteiger partial charge in [0.25, 0.3) is 0 Å². The summed E-state index contributed by atoms with van der Waals surface area (Å²) in [5, 5.41) is 0.303. The fraction of sp³-hybridized carbons (Fsp3) is 0.200. The van der Waals surface area contributed by atoms with Gasteiger partial charge in [-0.1, -0.05) is 30.3 Å². The first-order valence-electron chi connectivity index (χ1n) is 6.51. The highest BCUT2D eigenvalue weighted by Gasteiger charge is 2.20. The highest BCUT2D eigenvalue weighted by Crippen LogP contribution is 2.30. The first-order valence-corrected chi connectivity index (χ1v) is 6.89. The maximum atomic E-state index is 6.13. The summed E-state index contributed by atoms with van der Waals surface area (Å²) in [6, 6.07) is 8.72. The van der Waals surface area contributed by atoms with Crippen LogP contribution in [-0.2, 0) is 6.54 Å². The van der Waals surface area contributed by atoms with Crippen LogP contribution in [0.5, 0.6) is 5.75 Å². The number of hydrogen-bond acceptors (Lipinski definition) is 5. The van der Waals surface area contributed by atoms with Crippen LogP contribution < -0.4 is 15.4 Å². The van der Waals surface area contributed by atoms with Crippen LogP contribution in [0.1, 0.15) is 11.1 Å². The van der Waals surface area contributed by atoms with Crippen molar-refractivity contribution in [1.29, 1.82) is 0 Å². The van der Waals surface area contributed by atoms with Gasteiger partial charge in [0.2, 0.25) is 5.95 Å². The number of rotatable bonds is 2. The van der Waals surface area contributed by atoms with Crippen molar-refractivity contribution >= 4 is 29.4 Å². The van der Waals surface area contributed by atoms with Crippen LogP contribution in [0.15, 0.2) is 24.8 Å². The van der Waals surface area contributed by atoms with Gasteiger partial charge >= 0.3 is 0 Å². The van der Waals surface area contributed by atoms with E-state index in [2.05, 4.69) is 27.5 Å². The summed E-state index contributed by atoms with van der Waals surface area (Å²) in [6.45, 7) is 5.63. The maximum Gasteiger partial charge on any atom is 0.223 e. The standard InChI is InChI=1S/C15H14ClN4O/c1-2-11-13(16)18-15(17)19-14(11)20-7-8-21-12-6-4-3-5-10(12)9-20/h2,4-6H,1,7-9H2,(H2,17,18,19). The lowest BCUT2D eigenvalue weighted by atomic mass is 10.2. The summed E-state index contributed by atoms with van der Waals surface area (Å²) in [4.78, 5) is 10.3. The molecule has 5 nitrogen and oxygen atoms in total. The summed E-state index contributed by atoms with van der Waals surface area (Å²) in [6.07, 6.45) is 1.64. The Balaban J connectivity index is 2.03. The molecule has 107 valence electrons. The van der Waals surface area contributed by atoms with Crippen LogP contribution >= 0.6 is 11.6 Å². The van der Waals surface area contributed by atoms with Crippen LogP contribution in [0.25, 0.3) is 6.08 Å². The fourth-order valence-corrected chi connectivity index (χ4v) is 2.56. The summed E-state index contributed by atoms with van der Waals surface area (Å²) in [7, 11) is 0. The van der Waals surface area contributed by atoms with Crippen LogP contribution in [0, 0.1) is 6.07 Å². The highest BCUT2D eigenvalue weighted by atomic mass is 35.5. The Morgan fingerprint density at radius 2 is 2.33 bits per heavy atom. The smallest absolute Gasteiger partial charge is 0.223 e. The topological polar surface area (TPSA) is 64.3 Å². The lowest BCUT2D eigenvalue weighted by molar-refractivity contribution is 0.331. The second kappa shape index (κ2) is 5.61. The molecule has 1 aliphatic heterocycles. The molecule has 0 aliphatic carbocycles. The average molecular weight is 302 g/mol. The second-order valence-corrected chi connectivity index (χ2v) is 4.98. The fourth-order valence-electron chi connectivity index (χ4n) is 2.31. The average Bonchev–Trinajstić information content (AvgIpc) is 2.68. The second-order valence-electron chi connectivity index (χ2n) is 4.62. The molecule has 1 aliphatic rings. The number of nitrogens with zero attached hydrogens (tertiary/aromatic N) is 3. The predicted molar refractivity (Wildman–Crippen MR) is 83.4 cm³/mol. The first kappa shape index (κ1) is 13.7. The van der Waals surface area contributed by atoms with E-state index in [4.69, 9.17) is 22.1 Å². The van der Waals surface area contributed by atoms with E-state index < -0.39 is 0 Å². The van der Waals surface area contributed by atoms with Crippen LogP contribution in [0.3, 0.4) is 0 Å². The molecule has 2 aromatic rings. The Morgan fingerprint density at radius 1 is 1.48 bits per heavy atom. The molecule has 0 atom stereocenters. The minimum Gasteiger partial charge on any atom is -0.491 e. The number of nitrogen functional groups attached to an aromatic ring is 1. The third kappa shape index (κ3) is 2.64. The molecule has 3 rings (SSSR count). The van der Waals surface area contributed by atoms with Crippen molar-refractivity contribution in [3.05, 3.63) is 47.1 Å². The molecule has 2 heterocycles. The number of halogens is 1. The van der Waals surface area contributed by atoms with E-state index in [1.54, 1.807) is 6.08 Å². The number of hydrogen-bond donors (Lipinski definition) is 1. The van der Waals surface area contributed by atoms with Crippen molar-refractivity contribution < 1.29 is 4.74 Å². The molecule has 0 bridgehead atoms. The highest BCUT2D eigenvalue weighted by molar-refractivity contribution is 6.31. The van der Waals surface area contributed by atoms with Gasteiger partial charge in [-0.05, 0) is 18.2 Å². The van der Waals surface area contributed by atoms with Crippen molar-refractivity contribution in [1.82, 2.24) is 9.97 Å². The molecule has 0 fully saturated rings. The lowest BCUT2D eigenvalue weighted by Gasteiger charge is -2.23. The number of anilines is 2. The number of aromatic nitrogens is 2. The van der Waals surface area contributed by atoms with Gasteiger partial charge in [-0.2, -0.15) is 4.98 Å². The van der Waals surface area contributed by atoms with E-state index in [1.165, 1.54) is 0 Å². The Labute approximate surface area is 128 Å². The van der Waals surface area contributed by atoms with Gasteiger partial charge in [0.1, 0.15) is 23.3 Å². The van der Waals surface area contributed by atoms with Gasteiger partial charge in [-0.3, -0.25) is 0 Å². The molecular weight excluding hydrogens is 288 g/mol. The van der Waals surface area contributed by atoms with Crippen LogP contribution in [0.4, 0.5) is 11.8 Å². The van der Waals surface area contributed by atoms with Gasteiger partial charge in [-0.15, -0.1) is 0 Å². The summed E-state index contributed by atoms with van der Waals surface area (Å²) >= 11 is 6.13. The molecule has 1 aromatic carbocycles. The molecule has 21 heavy (non-hydrogen) atoms. The van der Waals surface area contributed by atoms with Gasteiger partial charge in [-0.25, -0.2) is 4.98 Å². The van der Waals surface area contributed by atoms with Crippen molar-refractivity contribution in [3.8, 4) is 5.75 Å². The summed E-state index contributed by atoms with van der Waals surface area (Å²) in [5.41, 5.74) is 7.43. The zero-order chi connectivity index (χ0) is 14.8. The van der Waals surface area contributed by atoms with Gasteiger partial charge in [0.05, 0.1) is 12.1 Å². The van der Waals surface area contributed by atoms with Crippen molar-refractivity contribution in [3.63, 3.8) is 0 Å². The summed E-state index contributed by atoms with van der Waals surface area (Å²) in [5.74, 6) is 1.68. The number of ether oxygens (including phenoxy) is 1. The van der Waals surface area contributed by atoms with E-state index in [-0.39, 0.29) is 5.95 Å². The maximum absolute atomic E-state index is 6.13. The Bertz CT molecular complexity index is 689. The van der Waals surface area contributed by atoms with Crippen LogP contribution in [0.2, 0.25) is 5.15 Å². The zero-order valence-corrected chi connectivity index (χ0v) is 12.1. The van der Waals surface area contributed by atoms with Gasteiger partial charge in [0, 0.05) is 12.1 Å². The largest absolute Gasteiger partial charge is 0.491 e. The van der Waals surface area contributed by atoms with Crippen molar-refractivity contribution in [2.75, 3.05) is 23.8 Å². The van der Waals surface area contributed by atoms with E-state index in [0.717, 1.165) is 11.3 Å². The van der Waals surface area contributed by atoms with E-state index in [9.17, 15) is 0 Å². The first-order chi connectivity index (χ1) is 10.2. The van der Waals surface area contributed by atoms with E-state index in [1.807, 2.05) is 18.2 Å². The van der Waals surface area contributed by atoms with Crippen molar-refractivity contribution in [2.45, 2.75) is 6.54 Å². The molecule has 0 saturated carbocycles. The number of nitrogens with two attached hydrogens (primary N) is 1. The molecule has 1 aromatic heterocycles. The molecular formula is C15H14ClN4O. The van der Waals surface area contributed by atoms with E-state index in [0.29, 0.717) is 36.2 Å². The number of benzene rings is 1. The zero-order valence-electron chi connectivity index (χ0n) is 11.3. The van der Waals surface area contributed by atoms with E-state index >= 15 is 0 Å². The van der Waals surface area contributed by atoms with Gasteiger partial charge in [0.15, 0.2) is 0 Å². The molecule has 0 saturated heterocycles. The molecule has 0 spiro atoms.